The zero-order valence-electron chi connectivity index (χ0n) is 9.71. The number of hydrogen-bond acceptors (Lipinski definition) is 1. The van der Waals surface area contributed by atoms with Gasteiger partial charge in [0.1, 0.15) is 0 Å². The number of allylic oxidation sites excluding steroid dienone is 5. The second kappa shape index (κ2) is 4.46. The Morgan fingerprint density at radius 2 is 1.88 bits per heavy atom. The zero-order valence-corrected chi connectivity index (χ0v) is 9.71. The van der Waals surface area contributed by atoms with Crippen LogP contribution in [0, 0.1) is 0 Å². The average Bonchev–Trinajstić information content (AvgIpc) is 2.40. The van der Waals surface area contributed by atoms with Crippen LogP contribution in [0.1, 0.15) is 5.56 Å². The molecule has 0 aliphatic carbocycles. The molecule has 0 bridgehead atoms. The first-order valence-electron chi connectivity index (χ1n) is 5.98. The maximum atomic E-state index is 2.29. The molecule has 2 aliphatic heterocycles. The first-order valence-corrected chi connectivity index (χ1v) is 5.98. The number of hydrogen-bond donors (Lipinski definition) is 0. The van der Waals surface area contributed by atoms with Crippen molar-refractivity contribution in [1.82, 2.24) is 4.90 Å². The highest BCUT2D eigenvalue weighted by molar-refractivity contribution is 5.42. The van der Waals surface area contributed by atoms with Gasteiger partial charge < -0.3 is 4.90 Å². The van der Waals surface area contributed by atoms with Crippen molar-refractivity contribution in [2.45, 2.75) is 6.42 Å². The molecule has 0 unspecified atom stereocenters. The van der Waals surface area contributed by atoms with E-state index in [2.05, 4.69) is 71.8 Å². The summed E-state index contributed by atoms with van der Waals surface area (Å²) in [6.45, 7) is 0.981. The highest BCUT2D eigenvalue weighted by Gasteiger charge is 2.13. The molecule has 1 nitrogen and oxygen atoms in total. The van der Waals surface area contributed by atoms with Crippen molar-refractivity contribution in [3.8, 4) is 0 Å². The smallest absolute Gasteiger partial charge is 0.0444 e. The van der Waals surface area contributed by atoms with Crippen LogP contribution in [0.15, 0.2) is 78.2 Å². The van der Waals surface area contributed by atoms with E-state index in [1.165, 1.54) is 16.8 Å². The summed E-state index contributed by atoms with van der Waals surface area (Å²) >= 11 is 0. The Kier molecular flexibility index (Phi) is 2.66. The molecule has 84 valence electrons. The monoisotopic (exact) mass is 221 g/mol. The van der Waals surface area contributed by atoms with E-state index in [9.17, 15) is 0 Å². The average molecular weight is 221 g/mol. The molecule has 0 aromatic heterocycles. The van der Waals surface area contributed by atoms with E-state index in [-0.39, 0.29) is 0 Å². The van der Waals surface area contributed by atoms with Crippen molar-refractivity contribution in [2.75, 3.05) is 6.54 Å². The van der Waals surface area contributed by atoms with Crippen molar-refractivity contribution in [3.05, 3.63) is 83.7 Å². The van der Waals surface area contributed by atoms with Crippen LogP contribution in [0.4, 0.5) is 0 Å². The van der Waals surface area contributed by atoms with Crippen molar-refractivity contribution in [3.63, 3.8) is 0 Å². The Morgan fingerprint density at radius 1 is 1.00 bits per heavy atom. The van der Waals surface area contributed by atoms with Gasteiger partial charge in [0.15, 0.2) is 0 Å². The van der Waals surface area contributed by atoms with Crippen molar-refractivity contribution < 1.29 is 0 Å². The molecule has 0 amide bonds. The van der Waals surface area contributed by atoms with Crippen LogP contribution in [0.25, 0.3) is 0 Å². The molecule has 0 fully saturated rings. The van der Waals surface area contributed by atoms with Crippen molar-refractivity contribution >= 4 is 0 Å². The van der Waals surface area contributed by atoms with Crippen molar-refractivity contribution in [1.29, 1.82) is 0 Å². The van der Waals surface area contributed by atoms with Crippen LogP contribution in [0.5, 0.6) is 0 Å². The summed E-state index contributed by atoms with van der Waals surface area (Å²) in [5, 5.41) is 0. The molecule has 0 spiro atoms. The van der Waals surface area contributed by atoms with Gasteiger partial charge in [0, 0.05) is 18.4 Å². The molecular formula is C16H15N. The van der Waals surface area contributed by atoms with Gasteiger partial charge in [0.05, 0.1) is 0 Å². The maximum Gasteiger partial charge on any atom is 0.0444 e. The van der Waals surface area contributed by atoms with E-state index < -0.39 is 0 Å². The summed E-state index contributed by atoms with van der Waals surface area (Å²) in [7, 11) is 0. The number of benzene rings is 1. The molecular weight excluding hydrogens is 206 g/mol. The van der Waals surface area contributed by atoms with Crippen LogP contribution in [0.3, 0.4) is 0 Å². The van der Waals surface area contributed by atoms with Gasteiger partial charge in [0.25, 0.3) is 0 Å². The van der Waals surface area contributed by atoms with Crippen LogP contribution in [-0.4, -0.2) is 11.4 Å². The second-order valence-electron chi connectivity index (χ2n) is 4.33. The summed E-state index contributed by atoms with van der Waals surface area (Å²) in [5.74, 6) is 0. The van der Waals surface area contributed by atoms with E-state index in [0.29, 0.717) is 0 Å². The number of fused-ring (bicyclic) bond motifs is 1. The van der Waals surface area contributed by atoms with E-state index >= 15 is 0 Å². The SMILES string of the molecule is C1=CC2=C(Cc3ccccc3)C=CCN2C=C1. The Morgan fingerprint density at radius 3 is 2.76 bits per heavy atom. The Balaban J connectivity index is 1.91. The minimum Gasteiger partial charge on any atom is -0.344 e. The standard InChI is InChI=1S/C16H15N/c1-2-7-14(8-3-1)13-15-9-6-12-17-11-5-4-10-16(15)17/h1-11H,12-13H2. The fourth-order valence-corrected chi connectivity index (χ4v) is 2.29. The van der Waals surface area contributed by atoms with Crippen molar-refractivity contribution in [2.24, 2.45) is 0 Å². The van der Waals surface area contributed by atoms with Crippen LogP contribution < -0.4 is 0 Å². The lowest BCUT2D eigenvalue weighted by molar-refractivity contribution is 0.515. The first-order chi connectivity index (χ1) is 8.43. The number of nitrogens with zero attached hydrogens (tertiary/aromatic N) is 1. The van der Waals surface area contributed by atoms with Gasteiger partial charge in [-0.2, -0.15) is 0 Å². The molecule has 0 saturated heterocycles. The highest BCUT2D eigenvalue weighted by Crippen LogP contribution is 2.24. The van der Waals surface area contributed by atoms with Gasteiger partial charge in [0.2, 0.25) is 0 Å². The van der Waals surface area contributed by atoms with E-state index in [1.807, 2.05) is 0 Å². The molecule has 0 radical (unpaired) electrons. The Labute approximate surface area is 102 Å². The molecule has 0 atom stereocenters. The quantitative estimate of drug-likeness (QED) is 0.739. The molecule has 1 heteroatoms. The topological polar surface area (TPSA) is 3.24 Å². The summed E-state index contributed by atoms with van der Waals surface area (Å²) < 4.78 is 0. The normalized spacial score (nSPS) is 17.5. The molecule has 2 heterocycles. The third-order valence-electron chi connectivity index (χ3n) is 3.13. The predicted octanol–water partition coefficient (Wildman–Crippen LogP) is 3.44. The molecule has 1 aromatic rings. The van der Waals surface area contributed by atoms with Gasteiger partial charge in [-0.3, -0.25) is 0 Å². The molecule has 17 heavy (non-hydrogen) atoms. The van der Waals surface area contributed by atoms with E-state index in [4.69, 9.17) is 0 Å². The maximum absolute atomic E-state index is 2.29. The summed E-state index contributed by atoms with van der Waals surface area (Å²) in [4.78, 5) is 2.29. The second-order valence-corrected chi connectivity index (χ2v) is 4.33. The summed E-state index contributed by atoms with van der Waals surface area (Å²) in [6, 6.07) is 10.6. The zero-order chi connectivity index (χ0) is 11.5. The van der Waals surface area contributed by atoms with Crippen LogP contribution in [0.2, 0.25) is 0 Å². The van der Waals surface area contributed by atoms with Crippen LogP contribution >= 0.6 is 0 Å². The molecule has 0 saturated carbocycles. The molecule has 0 N–H and O–H groups in total. The first kappa shape index (κ1) is 10.2. The lowest BCUT2D eigenvalue weighted by Crippen LogP contribution is -2.21. The largest absolute Gasteiger partial charge is 0.344 e. The fourth-order valence-electron chi connectivity index (χ4n) is 2.29. The minimum absolute atomic E-state index is 0.981. The highest BCUT2D eigenvalue weighted by atomic mass is 15.1. The van der Waals surface area contributed by atoms with Gasteiger partial charge in [-0.15, -0.1) is 0 Å². The number of rotatable bonds is 2. The third-order valence-corrected chi connectivity index (χ3v) is 3.13. The molecule has 2 aliphatic rings. The van der Waals surface area contributed by atoms with E-state index in [1.54, 1.807) is 0 Å². The third kappa shape index (κ3) is 2.09. The van der Waals surface area contributed by atoms with Gasteiger partial charge in [-0.05, 0) is 29.7 Å². The lowest BCUT2D eigenvalue weighted by Gasteiger charge is -2.27. The minimum atomic E-state index is 0.981. The molecule has 1 aromatic carbocycles. The summed E-state index contributed by atoms with van der Waals surface area (Å²) in [6.07, 6.45) is 14.0. The van der Waals surface area contributed by atoms with Gasteiger partial charge >= 0.3 is 0 Å². The van der Waals surface area contributed by atoms with Crippen LogP contribution in [-0.2, 0) is 6.42 Å². The summed E-state index contributed by atoms with van der Waals surface area (Å²) in [5.41, 5.74) is 4.09. The van der Waals surface area contributed by atoms with Gasteiger partial charge in [-0.1, -0.05) is 48.6 Å². The Bertz CT molecular complexity index is 518. The van der Waals surface area contributed by atoms with E-state index in [0.717, 1.165) is 13.0 Å². The Hall–Kier alpha value is -2.02. The molecule has 3 rings (SSSR count). The fraction of sp³-hybridized carbons (Fsp3) is 0.125. The van der Waals surface area contributed by atoms with Gasteiger partial charge in [-0.25, -0.2) is 0 Å². The predicted molar refractivity (Wildman–Crippen MR) is 71.3 cm³/mol. The lowest BCUT2D eigenvalue weighted by atomic mass is 9.99.